The number of hydrogen-bond donors (Lipinski definition) is 1. The van der Waals surface area contributed by atoms with Crippen molar-refractivity contribution in [3.05, 3.63) is 33.1 Å². The van der Waals surface area contributed by atoms with Gasteiger partial charge in [-0.15, -0.1) is 0 Å². The molecule has 8 nitrogen and oxygen atoms in total. The van der Waals surface area contributed by atoms with Gasteiger partial charge in [-0.2, -0.15) is 0 Å². The highest BCUT2D eigenvalue weighted by Gasteiger charge is 2.33. The molecule has 1 aromatic rings. The number of aromatic nitrogens is 1. The summed E-state index contributed by atoms with van der Waals surface area (Å²) in [5.41, 5.74) is -2.13. The molecule has 0 saturated heterocycles. The lowest BCUT2D eigenvalue weighted by Crippen LogP contribution is -2.50. The Morgan fingerprint density at radius 3 is 2.60 bits per heavy atom. The van der Waals surface area contributed by atoms with Crippen molar-refractivity contribution >= 4 is 29.2 Å². The number of rotatable bonds is 4. The van der Waals surface area contributed by atoms with Crippen molar-refractivity contribution in [1.82, 2.24) is 10.3 Å². The summed E-state index contributed by atoms with van der Waals surface area (Å²) in [5, 5.41) is 13.1. The Kier molecular flexibility index (Phi) is 4.61. The fourth-order valence-electron chi connectivity index (χ4n) is 1.41. The summed E-state index contributed by atoms with van der Waals surface area (Å²) >= 11 is 5.62. The van der Waals surface area contributed by atoms with Crippen LogP contribution in [0.2, 0.25) is 5.15 Å². The summed E-state index contributed by atoms with van der Waals surface area (Å²) in [4.78, 5) is 37.2. The van der Waals surface area contributed by atoms with Gasteiger partial charge in [0.25, 0.3) is 11.6 Å². The summed E-state index contributed by atoms with van der Waals surface area (Å²) in [7, 11) is 1.17. The molecule has 0 aliphatic carbocycles. The second kappa shape index (κ2) is 5.83. The Morgan fingerprint density at radius 2 is 2.10 bits per heavy atom. The Bertz CT molecular complexity index is 573. The Labute approximate surface area is 119 Å². The standard InChI is InChI=1S/C11H12ClN3O5/c1-11(2,10(17)20-3)14-9(16)6-4-8(12)13-5-7(6)15(18)19/h4-5H,1-3H3,(H,14,16). The van der Waals surface area contributed by atoms with Crippen LogP contribution in [0.4, 0.5) is 5.69 Å². The molecule has 0 aromatic carbocycles. The number of esters is 1. The molecule has 0 aliphatic rings. The number of nitrogens with zero attached hydrogens (tertiary/aromatic N) is 2. The number of carbonyl (C=O) groups excluding carboxylic acids is 2. The van der Waals surface area contributed by atoms with Crippen LogP contribution in [0.3, 0.4) is 0 Å². The van der Waals surface area contributed by atoms with Gasteiger partial charge in [-0.05, 0) is 19.9 Å². The fourth-order valence-corrected chi connectivity index (χ4v) is 1.57. The summed E-state index contributed by atoms with van der Waals surface area (Å²) in [6, 6.07) is 1.06. The first kappa shape index (κ1) is 15.8. The van der Waals surface area contributed by atoms with Gasteiger partial charge in [0.05, 0.1) is 12.0 Å². The third kappa shape index (κ3) is 3.41. The topological polar surface area (TPSA) is 111 Å². The van der Waals surface area contributed by atoms with E-state index in [0.717, 1.165) is 12.3 Å². The Balaban J connectivity index is 3.13. The number of nitrogens with one attached hydrogen (secondary N) is 1. The molecule has 1 aromatic heterocycles. The van der Waals surface area contributed by atoms with E-state index in [1.165, 1.54) is 21.0 Å². The van der Waals surface area contributed by atoms with Crippen LogP contribution >= 0.6 is 11.6 Å². The second-order valence-corrected chi connectivity index (χ2v) is 4.74. The van der Waals surface area contributed by atoms with E-state index in [2.05, 4.69) is 15.0 Å². The van der Waals surface area contributed by atoms with Crippen LogP contribution in [0.15, 0.2) is 12.3 Å². The Morgan fingerprint density at radius 1 is 1.50 bits per heavy atom. The first-order valence-electron chi connectivity index (χ1n) is 5.40. The lowest BCUT2D eigenvalue weighted by molar-refractivity contribution is -0.385. The monoisotopic (exact) mass is 301 g/mol. The van der Waals surface area contributed by atoms with Crippen molar-refractivity contribution in [2.45, 2.75) is 19.4 Å². The first-order valence-corrected chi connectivity index (χ1v) is 5.77. The second-order valence-electron chi connectivity index (χ2n) is 4.35. The van der Waals surface area contributed by atoms with Gasteiger partial charge in [0.15, 0.2) is 0 Å². The maximum atomic E-state index is 12.0. The van der Waals surface area contributed by atoms with Crippen molar-refractivity contribution in [2.24, 2.45) is 0 Å². The predicted molar refractivity (Wildman–Crippen MR) is 69.5 cm³/mol. The van der Waals surface area contributed by atoms with Crippen molar-refractivity contribution in [1.29, 1.82) is 0 Å². The molecule has 1 amide bonds. The number of pyridine rings is 1. The van der Waals surface area contributed by atoms with Crippen LogP contribution in [-0.4, -0.2) is 34.4 Å². The van der Waals surface area contributed by atoms with Gasteiger partial charge >= 0.3 is 5.97 Å². The minimum absolute atomic E-state index is 0.0726. The zero-order valence-electron chi connectivity index (χ0n) is 11.0. The molecule has 1 rings (SSSR count). The van der Waals surface area contributed by atoms with Gasteiger partial charge in [-0.1, -0.05) is 11.6 Å². The third-order valence-corrected chi connectivity index (χ3v) is 2.62. The lowest BCUT2D eigenvalue weighted by atomic mass is 10.0. The highest BCUT2D eigenvalue weighted by Crippen LogP contribution is 2.21. The van der Waals surface area contributed by atoms with Crippen LogP contribution in [0, 0.1) is 10.1 Å². The van der Waals surface area contributed by atoms with E-state index in [1.807, 2.05) is 0 Å². The minimum atomic E-state index is -1.34. The smallest absolute Gasteiger partial charge is 0.330 e. The van der Waals surface area contributed by atoms with Crippen molar-refractivity contribution in [2.75, 3.05) is 7.11 Å². The van der Waals surface area contributed by atoms with Crippen molar-refractivity contribution in [3.63, 3.8) is 0 Å². The molecule has 0 radical (unpaired) electrons. The number of hydrogen-bond acceptors (Lipinski definition) is 6. The molecule has 0 aliphatic heterocycles. The zero-order valence-corrected chi connectivity index (χ0v) is 11.7. The van der Waals surface area contributed by atoms with E-state index in [-0.39, 0.29) is 10.7 Å². The van der Waals surface area contributed by atoms with Crippen LogP contribution in [0.25, 0.3) is 0 Å². The fraction of sp³-hybridized carbons (Fsp3) is 0.364. The molecule has 0 bridgehead atoms. The molecule has 0 saturated carbocycles. The number of amides is 1. The van der Waals surface area contributed by atoms with Gasteiger partial charge < -0.3 is 10.1 Å². The summed E-state index contributed by atoms with van der Waals surface area (Å²) < 4.78 is 4.53. The van der Waals surface area contributed by atoms with Crippen molar-refractivity contribution < 1.29 is 19.2 Å². The van der Waals surface area contributed by atoms with E-state index < -0.39 is 28.0 Å². The minimum Gasteiger partial charge on any atom is -0.467 e. The third-order valence-electron chi connectivity index (χ3n) is 2.41. The van der Waals surface area contributed by atoms with Gasteiger partial charge in [-0.3, -0.25) is 14.9 Å². The van der Waals surface area contributed by atoms with E-state index in [9.17, 15) is 19.7 Å². The molecule has 108 valence electrons. The van der Waals surface area contributed by atoms with Gasteiger partial charge in [0, 0.05) is 0 Å². The largest absolute Gasteiger partial charge is 0.467 e. The van der Waals surface area contributed by atoms with Gasteiger partial charge in [0.2, 0.25) is 0 Å². The molecule has 20 heavy (non-hydrogen) atoms. The summed E-state index contributed by atoms with van der Waals surface area (Å²) in [6.45, 7) is 2.82. The molecule has 0 atom stereocenters. The molecule has 0 unspecified atom stereocenters. The average Bonchev–Trinajstić information content (AvgIpc) is 2.36. The summed E-state index contributed by atoms with van der Waals surface area (Å²) in [5.74, 6) is -1.51. The highest BCUT2D eigenvalue weighted by molar-refractivity contribution is 6.29. The number of ether oxygens (including phenoxy) is 1. The molecular weight excluding hydrogens is 290 g/mol. The molecule has 1 N–H and O–H groups in total. The summed E-state index contributed by atoms with van der Waals surface area (Å²) in [6.07, 6.45) is 0.877. The molecule has 0 fully saturated rings. The Hall–Kier alpha value is -2.22. The van der Waals surface area contributed by atoms with E-state index in [4.69, 9.17) is 11.6 Å². The van der Waals surface area contributed by atoms with Crippen LogP contribution in [-0.2, 0) is 9.53 Å². The molecular formula is C11H12ClN3O5. The normalized spacial score (nSPS) is 10.8. The quantitative estimate of drug-likeness (QED) is 0.388. The van der Waals surface area contributed by atoms with Crippen molar-refractivity contribution in [3.8, 4) is 0 Å². The number of halogens is 1. The molecule has 1 heterocycles. The van der Waals surface area contributed by atoms with E-state index in [1.54, 1.807) is 0 Å². The zero-order chi connectivity index (χ0) is 15.5. The average molecular weight is 302 g/mol. The van der Waals surface area contributed by atoms with E-state index >= 15 is 0 Å². The predicted octanol–water partition coefficient (Wildman–Crippen LogP) is 1.32. The lowest BCUT2D eigenvalue weighted by Gasteiger charge is -2.22. The maximum Gasteiger partial charge on any atom is 0.330 e. The number of nitro groups is 1. The van der Waals surface area contributed by atoms with Gasteiger partial charge in [-0.25, -0.2) is 9.78 Å². The van der Waals surface area contributed by atoms with Crippen LogP contribution < -0.4 is 5.32 Å². The number of carbonyl (C=O) groups is 2. The highest BCUT2D eigenvalue weighted by atomic mass is 35.5. The number of methoxy groups -OCH3 is 1. The van der Waals surface area contributed by atoms with Crippen LogP contribution in [0.1, 0.15) is 24.2 Å². The van der Waals surface area contributed by atoms with Gasteiger partial charge in [0.1, 0.15) is 22.5 Å². The first-order chi connectivity index (χ1) is 9.19. The molecule has 0 spiro atoms. The SMILES string of the molecule is COC(=O)C(C)(C)NC(=O)c1cc(Cl)ncc1[N+](=O)[O-]. The maximum absolute atomic E-state index is 12.0. The van der Waals surface area contributed by atoms with Crippen LogP contribution in [0.5, 0.6) is 0 Å². The molecule has 9 heteroatoms. The van der Waals surface area contributed by atoms with E-state index in [0.29, 0.717) is 0 Å².